The second kappa shape index (κ2) is 7.46. The number of methoxy groups -OCH3 is 1. The average molecular weight is 296 g/mol. The number of ether oxygens (including phenoxy) is 2. The smallest absolute Gasteiger partial charge is 0.337 e. The molecule has 0 atom stereocenters. The van der Waals surface area contributed by atoms with Crippen LogP contribution in [0.3, 0.4) is 0 Å². The van der Waals surface area contributed by atoms with Gasteiger partial charge in [-0.2, -0.15) is 0 Å². The van der Waals surface area contributed by atoms with Crippen LogP contribution < -0.4 is 4.74 Å². The highest BCUT2D eigenvalue weighted by atomic mass is 16.5. The molecule has 2 rings (SSSR count). The third-order valence-electron chi connectivity index (χ3n) is 3.09. The first-order valence-electron chi connectivity index (χ1n) is 7.13. The predicted molar refractivity (Wildman–Crippen MR) is 87.9 cm³/mol. The van der Waals surface area contributed by atoms with Gasteiger partial charge in [0.15, 0.2) is 0 Å². The van der Waals surface area contributed by atoms with Crippen LogP contribution in [0.5, 0.6) is 5.75 Å². The summed E-state index contributed by atoms with van der Waals surface area (Å²) >= 11 is 0. The van der Waals surface area contributed by atoms with Crippen LogP contribution in [0.4, 0.5) is 0 Å². The molecule has 0 aliphatic heterocycles. The minimum absolute atomic E-state index is 0.340. The second-order valence-corrected chi connectivity index (χ2v) is 5.27. The monoisotopic (exact) mass is 296 g/mol. The van der Waals surface area contributed by atoms with Gasteiger partial charge in [-0.1, -0.05) is 35.9 Å². The molecule has 0 aromatic heterocycles. The molecule has 0 amide bonds. The van der Waals surface area contributed by atoms with Crippen LogP contribution in [-0.2, 0) is 11.3 Å². The van der Waals surface area contributed by atoms with E-state index >= 15 is 0 Å². The summed E-state index contributed by atoms with van der Waals surface area (Å²) in [7, 11) is 1.37. The van der Waals surface area contributed by atoms with E-state index in [0.29, 0.717) is 12.2 Å². The van der Waals surface area contributed by atoms with Crippen LogP contribution in [0.15, 0.2) is 54.1 Å². The molecule has 0 bridgehead atoms. The van der Waals surface area contributed by atoms with E-state index in [0.717, 1.165) is 16.9 Å². The maximum absolute atomic E-state index is 11.5. The molecule has 114 valence electrons. The Morgan fingerprint density at radius 1 is 1.09 bits per heavy atom. The first kappa shape index (κ1) is 15.8. The molecule has 0 radical (unpaired) electrons. The van der Waals surface area contributed by atoms with Crippen LogP contribution in [-0.4, -0.2) is 13.1 Å². The second-order valence-electron chi connectivity index (χ2n) is 5.27. The summed E-state index contributed by atoms with van der Waals surface area (Å²) in [6.45, 7) is 4.55. The van der Waals surface area contributed by atoms with E-state index in [1.165, 1.54) is 12.7 Å². The number of rotatable bonds is 5. The Bertz CT molecular complexity index is 665. The summed E-state index contributed by atoms with van der Waals surface area (Å²) in [6, 6.07) is 15.2. The molecule has 0 saturated heterocycles. The van der Waals surface area contributed by atoms with Gasteiger partial charge in [-0.25, -0.2) is 4.79 Å². The number of benzene rings is 2. The highest BCUT2D eigenvalue weighted by molar-refractivity contribution is 5.89. The Kier molecular flexibility index (Phi) is 5.37. The molecule has 0 spiro atoms. The third-order valence-corrected chi connectivity index (χ3v) is 3.09. The van der Waals surface area contributed by atoms with Gasteiger partial charge < -0.3 is 9.47 Å². The number of esters is 1. The molecule has 0 aliphatic carbocycles. The lowest BCUT2D eigenvalue weighted by atomic mass is 10.1. The predicted octanol–water partition coefficient (Wildman–Crippen LogP) is 4.48. The van der Waals surface area contributed by atoms with Gasteiger partial charge in [-0.3, -0.25) is 0 Å². The minimum atomic E-state index is -0.340. The van der Waals surface area contributed by atoms with Gasteiger partial charge in [0.05, 0.1) is 12.7 Å². The van der Waals surface area contributed by atoms with E-state index in [4.69, 9.17) is 9.47 Å². The van der Waals surface area contributed by atoms with Gasteiger partial charge in [0.1, 0.15) is 12.4 Å². The van der Waals surface area contributed by atoms with Gasteiger partial charge in [0, 0.05) is 0 Å². The molecule has 0 unspecified atom stereocenters. The molecule has 0 saturated carbocycles. The van der Waals surface area contributed by atoms with Gasteiger partial charge in [-0.05, 0) is 49.2 Å². The first-order chi connectivity index (χ1) is 10.6. The summed E-state index contributed by atoms with van der Waals surface area (Å²) in [5.41, 5.74) is 3.87. The highest BCUT2D eigenvalue weighted by Gasteiger charge is 2.05. The molecule has 0 N–H and O–H groups in total. The Hall–Kier alpha value is -2.55. The maximum Gasteiger partial charge on any atom is 0.337 e. The first-order valence-corrected chi connectivity index (χ1v) is 7.13. The molecule has 2 aromatic carbocycles. The fraction of sp³-hybridized carbons (Fsp3) is 0.211. The summed E-state index contributed by atoms with van der Waals surface area (Å²) < 4.78 is 10.5. The van der Waals surface area contributed by atoms with Gasteiger partial charge in [-0.15, -0.1) is 0 Å². The number of hydrogen-bond donors (Lipinski definition) is 0. The summed E-state index contributed by atoms with van der Waals surface area (Å²) in [4.78, 5) is 11.5. The summed E-state index contributed by atoms with van der Waals surface area (Å²) in [5.74, 6) is 0.460. The van der Waals surface area contributed by atoms with Crippen LogP contribution in [0, 0.1) is 0 Å². The van der Waals surface area contributed by atoms with Crippen molar-refractivity contribution in [1.82, 2.24) is 0 Å². The van der Waals surface area contributed by atoms with Crippen LogP contribution in [0.2, 0.25) is 0 Å². The minimum Gasteiger partial charge on any atom is -0.489 e. The van der Waals surface area contributed by atoms with Crippen LogP contribution >= 0.6 is 0 Å². The average Bonchev–Trinajstić information content (AvgIpc) is 2.53. The van der Waals surface area contributed by atoms with E-state index < -0.39 is 0 Å². The van der Waals surface area contributed by atoms with Crippen molar-refractivity contribution in [2.75, 3.05) is 7.11 Å². The molecule has 3 nitrogen and oxygen atoms in total. The van der Waals surface area contributed by atoms with Crippen molar-refractivity contribution in [2.45, 2.75) is 20.5 Å². The standard InChI is InChI=1S/C19H20O3/c1-14(2)11-15-7-9-18(10-8-15)22-13-16-5-4-6-17(12-16)19(20)21-3/h4-12H,13H2,1-3H3. The molecular weight excluding hydrogens is 276 g/mol. The van der Waals surface area contributed by atoms with Gasteiger partial charge >= 0.3 is 5.97 Å². The Morgan fingerprint density at radius 2 is 1.82 bits per heavy atom. The Labute approximate surface area is 131 Å². The molecule has 3 heteroatoms. The number of carbonyl (C=O) groups is 1. The normalized spacial score (nSPS) is 9.95. The zero-order valence-electron chi connectivity index (χ0n) is 13.1. The van der Waals surface area contributed by atoms with E-state index in [-0.39, 0.29) is 5.97 Å². The Balaban J connectivity index is 2.01. The zero-order chi connectivity index (χ0) is 15.9. The maximum atomic E-state index is 11.5. The largest absolute Gasteiger partial charge is 0.489 e. The highest BCUT2D eigenvalue weighted by Crippen LogP contribution is 2.16. The number of carbonyl (C=O) groups excluding carboxylic acids is 1. The van der Waals surface area contributed by atoms with Gasteiger partial charge in [0.2, 0.25) is 0 Å². The molecular formula is C19H20O3. The van der Waals surface area contributed by atoms with Gasteiger partial charge in [0.25, 0.3) is 0 Å². The van der Waals surface area contributed by atoms with Crippen molar-refractivity contribution in [3.05, 3.63) is 70.8 Å². The molecule has 0 fully saturated rings. The molecule has 2 aromatic rings. The lowest BCUT2D eigenvalue weighted by molar-refractivity contribution is 0.0600. The topological polar surface area (TPSA) is 35.5 Å². The summed E-state index contributed by atoms with van der Waals surface area (Å²) in [6.07, 6.45) is 2.11. The lowest BCUT2D eigenvalue weighted by Crippen LogP contribution is -2.03. The fourth-order valence-corrected chi connectivity index (χ4v) is 2.07. The van der Waals surface area contributed by atoms with Crippen molar-refractivity contribution >= 4 is 12.0 Å². The quantitative estimate of drug-likeness (QED) is 0.763. The lowest BCUT2D eigenvalue weighted by Gasteiger charge is -2.08. The third kappa shape index (κ3) is 4.48. The van der Waals surface area contributed by atoms with Crippen molar-refractivity contribution in [2.24, 2.45) is 0 Å². The van der Waals surface area contributed by atoms with E-state index in [1.54, 1.807) is 12.1 Å². The molecule has 22 heavy (non-hydrogen) atoms. The van der Waals surface area contributed by atoms with Crippen molar-refractivity contribution in [1.29, 1.82) is 0 Å². The van der Waals surface area contributed by atoms with E-state index in [1.807, 2.05) is 36.4 Å². The van der Waals surface area contributed by atoms with Crippen molar-refractivity contribution < 1.29 is 14.3 Å². The zero-order valence-corrected chi connectivity index (χ0v) is 13.1. The van der Waals surface area contributed by atoms with Crippen LogP contribution in [0.1, 0.15) is 35.3 Å². The molecule has 0 heterocycles. The number of allylic oxidation sites excluding steroid dienone is 1. The SMILES string of the molecule is COC(=O)c1cccc(COc2ccc(C=C(C)C)cc2)c1. The van der Waals surface area contributed by atoms with E-state index in [2.05, 4.69) is 19.9 Å². The van der Waals surface area contributed by atoms with Crippen molar-refractivity contribution in [3.63, 3.8) is 0 Å². The van der Waals surface area contributed by atoms with E-state index in [9.17, 15) is 4.79 Å². The fourth-order valence-electron chi connectivity index (χ4n) is 2.07. The van der Waals surface area contributed by atoms with Crippen LogP contribution in [0.25, 0.3) is 6.08 Å². The number of hydrogen-bond acceptors (Lipinski definition) is 3. The molecule has 0 aliphatic rings. The van der Waals surface area contributed by atoms with Crippen molar-refractivity contribution in [3.8, 4) is 5.75 Å². The Morgan fingerprint density at radius 3 is 2.45 bits per heavy atom. The summed E-state index contributed by atoms with van der Waals surface area (Å²) in [5, 5.41) is 0.